The molecule has 3 N–H and O–H groups in total. The summed E-state index contributed by atoms with van der Waals surface area (Å²) in [7, 11) is 0. The van der Waals surface area contributed by atoms with Crippen molar-refractivity contribution in [3.05, 3.63) is 71.0 Å². The summed E-state index contributed by atoms with van der Waals surface area (Å²) in [6.07, 6.45) is -3.49. The van der Waals surface area contributed by atoms with Crippen LogP contribution in [0.1, 0.15) is 36.5 Å². The smallest absolute Gasteiger partial charge is 0.350 e. The number of urea groups is 1. The van der Waals surface area contributed by atoms with Crippen LogP contribution < -0.4 is 16.0 Å². The lowest BCUT2D eigenvalue weighted by atomic mass is 10.1. The molecule has 0 fully saturated rings. The molecule has 0 radical (unpaired) electrons. The molecule has 162 valence electrons. The van der Waals surface area contributed by atoms with E-state index >= 15 is 0 Å². The molecule has 0 aliphatic carbocycles. The Morgan fingerprint density at radius 3 is 2.27 bits per heavy atom. The number of rotatable bonds is 8. The summed E-state index contributed by atoms with van der Waals surface area (Å²) in [5.74, 6) is -0.880. The van der Waals surface area contributed by atoms with Crippen molar-refractivity contribution in [2.45, 2.75) is 45.1 Å². The molecule has 2 rings (SSSR count). The van der Waals surface area contributed by atoms with Crippen LogP contribution in [0.5, 0.6) is 0 Å². The summed E-state index contributed by atoms with van der Waals surface area (Å²) in [5.41, 5.74) is 0.194. The average Bonchev–Trinajstić information content (AvgIpc) is 2.71. The predicted molar refractivity (Wildman–Crippen MR) is 104 cm³/mol. The van der Waals surface area contributed by atoms with Crippen molar-refractivity contribution < 1.29 is 27.2 Å². The lowest BCUT2D eigenvalue weighted by molar-refractivity contribution is -0.137. The maximum atomic E-state index is 12.9. The van der Waals surface area contributed by atoms with Crippen LogP contribution in [0.25, 0.3) is 0 Å². The van der Waals surface area contributed by atoms with Gasteiger partial charge < -0.3 is 16.0 Å². The van der Waals surface area contributed by atoms with Crippen LogP contribution in [0.3, 0.4) is 0 Å². The highest BCUT2D eigenvalue weighted by Crippen LogP contribution is 2.29. The highest BCUT2D eigenvalue weighted by molar-refractivity contribution is 5.86. The van der Waals surface area contributed by atoms with Gasteiger partial charge in [0.05, 0.1) is 5.56 Å². The minimum Gasteiger partial charge on any atom is -0.350 e. The summed E-state index contributed by atoms with van der Waals surface area (Å²) < 4.78 is 51.3. The van der Waals surface area contributed by atoms with E-state index in [9.17, 15) is 27.2 Å². The van der Waals surface area contributed by atoms with E-state index < -0.39 is 29.7 Å². The Morgan fingerprint density at radius 2 is 1.63 bits per heavy atom. The number of amides is 3. The fourth-order valence-electron chi connectivity index (χ4n) is 2.72. The van der Waals surface area contributed by atoms with Gasteiger partial charge in [-0.3, -0.25) is 4.79 Å². The molecule has 2 aromatic rings. The van der Waals surface area contributed by atoms with Gasteiger partial charge in [-0.1, -0.05) is 37.6 Å². The van der Waals surface area contributed by atoms with E-state index in [4.69, 9.17) is 0 Å². The number of carbonyl (C=O) groups excluding carboxylic acids is 2. The van der Waals surface area contributed by atoms with Crippen molar-refractivity contribution in [1.82, 2.24) is 16.0 Å². The normalized spacial score (nSPS) is 12.2. The molecular formula is C21H23F4N3O2. The molecule has 0 bridgehead atoms. The summed E-state index contributed by atoms with van der Waals surface area (Å²) in [4.78, 5) is 24.5. The van der Waals surface area contributed by atoms with Gasteiger partial charge in [0, 0.05) is 13.1 Å². The zero-order valence-electron chi connectivity index (χ0n) is 16.4. The van der Waals surface area contributed by atoms with Crippen molar-refractivity contribution >= 4 is 11.9 Å². The molecular weight excluding hydrogens is 402 g/mol. The van der Waals surface area contributed by atoms with Crippen LogP contribution in [0.15, 0.2) is 48.5 Å². The van der Waals surface area contributed by atoms with Gasteiger partial charge in [-0.05, 0) is 41.8 Å². The summed E-state index contributed by atoms with van der Waals surface area (Å²) >= 11 is 0. The van der Waals surface area contributed by atoms with Gasteiger partial charge in [0.2, 0.25) is 5.91 Å². The number of carbonyl (C=O) groups is 2. The van der Waals surface area contributed by atoms with Gasteiger partial charge in [-0.2, -0.15) is 13.2 Å². The zero-order chi connectivity index (χ0) is 22.1. The minimum atomic E-state index is -4.46. The first-order valence-corrected chi connectivity index (χ1v) is 9.41. The lowest BCUT2D eigenvalue weighted by Gasteiger charge is -2.18. The first kappa shape index (κ1) is 23.2. The van der Waals surface area contributed by atoms with Crippen molar-refractivity contribution in [2.24, 2.45) is 0 Å². The van der Waals surface area contributed by atoms with Crippen molar-refractivity contribution in [1.29, 1.82) is 0 Å². The highest BCUT2D eigenvalue weighted by Gasteiger charge is 2.30. The Balaban J connectivity index is 1.89. The number of hydrogen-bond donors (Lipinski definition) is 3. The van der Waals surface area contributed by atoms with E-state index in [1.165, 1.54) is 36.4 Å². The Bertz CT molecular complexity index is 854. The van der Waals surface area contributed by atoms with Crippen LogP contribution in [0.4, 0.5) is 22.4 Å². The Kier molecular flexibility index (Phi) is 8.20. The highest BCUT2D eigenvalue weighted by atomic mass is 19.4. The fraction of sp³-hybridized carbons (Fsp3) is 0.333. The minimum absolute atomic E-state index is 0.0954. The molecule has 3 amide bonds. The zero-order valence-corrected chi connectivity index (χ0v) is 16.4. The molecule has 1 unspecified atom stereocenters. The van der Waals surface area contributed by atoms with Gasteiger partial charge in [0.1, 0.15) is 11.9 Å². The Hall–Kier alpha value is -3.10. The average molecular weight is 425 g/mol. The first-order chi connectivity index (χ1) is 14.2. The second kappa shape index (κ2) is 10.6. The number of nitrogens with one attached hydrogen (secondary N) is 3. The van der Waals surface area contributed by atoms with E-state index in [0.29, 0.717) is 24.0 Å². The van der Waals surface area contributed by atoms with Crippen molar-refractivity contribution in [3.8, 4) is 0 Å². The van der Waals surface area contributed by atoms with Crippen LogP contribution in [-0.4, -0.2) is 18.0 Å². The second-order valence-electron chi connectivity index (χ2n) is 6.71. The maximum absolute atomic E-state index is 12.9. The largest absolute Gasteiger partial charge is 0.416 e. The Morgan fingerprint density at radius 1 is 0.967 bits per heavy atom. The topological polar surface area (TPSA) is 70.2 Å². The van der Waals surface area contributed by atoms with Gasteiger partial charge in [0.15, 0.2) is 0 Å². The van der Waals surface area contributed by atoms with Crippen molar-refractivity contribution in [2.75, 3.05) is 0 Å². The molecule has 5 nitrogen and oxygen atoms in total. The molecule has 9 heteroatoms. The van der Waals surface area contributed by atoms with Gasteiger partial charge in [0.25, 0.3) is 0 Å². The number of halogens is 4. The standard InChI is InChI=1S/C21H23F4N3O2/c1-2-4-18(28-20(30)27-12-14-7-9-17(22)10-8-14)19(29)26-13-15-5-3-6-16(11-15)21(23,24)25/h3,5-11,18H,2,4,12-13H2,1H3,(H,26,29)(H2,27,28,30). The third-order valence-corrected chi connectivity index (χ3v) is 4.29. The van der Waals surface area contributed by atoms with Crippen LogP contribution in [0, 0.1) is 5.82 Å². The fourth-order valence-corrected chi connectivity index (χ4v) is 2.72. The van der Waals surface area contributed by atoms with Gasteiger partial charge >= 0.3 is 12.2 Å². The molecule has 0 saturated heterocycles. The summed E-state index contributed by atoms with van der Waals surface area (Å²) in [6.45, 7) is 1.89. The Labute approximate surface area is 171 Å². The van der Waals surface area contributed by atoms with Crippen molar-refractivity contribution in [3.63, 3.8) is 0 Å². The molecule has 0 saturated carbocycles. The maximum Gasteiger partial charge on any atom is 0.416 e. The molecule has 0 heterocycles. The molecule has 0 aliphatic rings. The van der Waals surface area contributed by atoms with Crippen LogP contribution in [0.2, 0.25) is 0 Å². The van der Waals surface area contributed by atoms with Crippen LogP contribution >= 0.6 is 0 Å². The summed E-state index contributed by atoms with van der Waals surface area (Å²) in [6, 6.07) is 8.87. The van der Waals surface area contributed by atoms with E-state index in [2.05, 4.69) is 16.0 Å². The molecule has 0 aliphatic heterocycles. The SMILES string of the molecule is CCCC(NC(=O)NCc1ccc(F)cc1)C(=O)NCc1cccc(C(F)(F)F)c1. The molecule has 0 spiro atoms. The molecule has 30 heavy (non-hydrogen) atoms. The quantitative estimate of drug-likeness (QED) is 0.557. The molecule has 0 aromatic heterocycles. The first-order valence-electron chi connectivity index (χ1n) is 9.41. The third kappa shape index (κ3) is 7.38. The monoisotopic (exact) mass is 425 g/mol. The predicted octanol–water partition coefficient (Wildman–Crippen LogP) is 4.13. The lowest BCUT2D eigenvalue weighted by Crippen LogP contribution is -2.49. The van der Waals surface area contributed by atoms with Crippen LogP contribution in [-0.2, 0) is 24.1 Å². The second-order valence-corrected chi connectivity index (χ2v) is 6.71. The number of alkyl halides is 3. The van der Waals surface area contributed by atoms with Gasteiger partial charge in [-0.15, -0.1) is 0 Å². The number of benzene rings is 2. The summed E-state index contributed by atoms with van der Waals surface area (Å²) in [5, 5.41) is 7.70. The third-order valence-electron chi connectivity index (χ3n) is 4.29. The molecule has 1 atom stereocenters. The van der Waals surface area contributed by atoms with E-state index in [0.717, 1.165) is 12.1 Å². The van der Waals surface area contributed by atoms with E-state index in [-0.39, 0.29) is 18.9 Å². The van der Waals surface area contributed by atoms with E-state index in [1.54, 1.807) is 0 Å². The van der Waals surface area contributed by atoms with Gasteiger partial charge in [-0.25, -0.2) is 9.18 Å². The molecule has 2 aromatic carbocycles. The number of hydrogen-bond acceptors (Lipinski definition) is 2. The van der Waals surface area contributed by atoms with E-state index in [1.807, 2.05) is 6.92 Å².